The summed E-state index contributed by atoms with van der Waals surface area (Å²) < 4.78 is 1.03. The predicted octanol–water partition coefficient (Wildman–Crippen LogP) is 2.46. The van der Waals surface area contributed by atoms with Crippen molar-refractivity contribution in [3.05, 3.63) is 22.8 Å². The number of hydrogen-bond donors (Lipinski definition) is 2. The van der Waals surface area contributed by atoms with Gasteiger partial charge in [0, 0.05) is 18.8 Å². The van der Waals surface area contributed by atoms with Crippen LogP contribution in [0.5, 0.6) is 0 Å². The van der Waals surface area contributed by atoms with E-state index in [1.165, 1.54) is 6.42 Å². The Morgan fingerprint density at radius 3 is 2.87 bits per heavy atom. The molecule has 3 nitrogen and oxygen atoms in total. The van der Waals surface area contributed by atoms with Gasteiger partial charge in [-0.1, -0.05) is 0 Å². The van der Waals surface area contributed by atoms with Gasteiger partial charge in [0.1, 0.15) is 5.82 Å². The Balaban J connectivity index is 0.000000980. The van der Waals surface area contributed by atoms with E-state index in [-0.39, 0.29) is 24.8 Å². The molecule has 1 aliphatic rings. The number of aromatic nitrogens is 1. The van der Waals surface area contributed by atoms with E-state index in [1.807, 2.05) is 12.1 Å². The normalized spacial score (nSPS) is 18.9. The van der Waals surface area contributed by atoms with Gasteiger partial charge in [-0.15, -0.1) is 24.8 Å². The molecule has 2 N–H and O–H groups in total. The standard InChI is InChI=1S/C9H12BrN3.2ClH/c10-8-2-1-4-12-9(8)13-7-3-5-11-6-7;;/h1-2,4,7,11H,3,5-6H2,(H,12,13);2*1H. The summed E-state index contributed by atoms with van der Waals surface area (Å²) >= 11 is 3.46. The van der Waals surface area contributed by atoms with Crippen LogP contribution in [-0.2, 0) is 0 Å². The molecule has 1 aromatic rings. The second kappa shape index (κ2) is 7.28. The quantitative estimate of drug-likeness (QED) is 0.880. The molecule has 0 aliphatic carbocycles. The lowest BCUT2D eigenvalue weighted by Crippen LogP contribution is -2.22. The SMILES string of the molecule is Brc1cccnc1NC1CCNC1.Cl.Cl. The van der Waals surface area contributed by atoms with Crippen LogP contribution in [0, 0.1) is 0 Å². The van der Waals surface area contributed by atoms with Crippen LogP contribution in [0.15, 0.2) is 22.8 Å². The van der Waals surface area contributed by atoms with Crippen LogP contribution in [0.25, 0.3) is 0 Å². The summed E-state index contributed by atoms with van der Waals surface area (Å²) in [6, 6.07) is 4.44. The summed E-state index contributed by atoms with van der Waals surface area (Å²) in [4.78, 5) is 4.26. The third kappa shape index (κ3) is 4.15. The van der Waals surface area contributed by atoms with Crippen molar-refractivity contribution in [2.75, 3.05) is 18.4 Å². The summed E-state index contributed by atoms with van der Waals surface area (Å²) in [6.07, 6.45) is 2.97. The summed E-state index contributed by atoms with van der Waals surface area (Å²) in [5, 5.41) is 6.70. The maximum absolute atomic E-state index is 4.26. The highest BCUT2D eigenvalue weighted by Crippen LogP contribution is 2.19. The molecule has 1 aromatic heterocycles. The van der Waals surface area contributed by atoms with Crippen LogP contribution >= 0.6 is 40.7 Å². The van der Waals surface area contributed by atoms with Crippen LogP contribution in [0.1, 0.15) is 6.42 Å². The smallest absolute Gasteiger partial charge is 0.140 e. The first-order valence-electron chi connectivity index (χ1n) is 4.44. The minimum atomic E-state index is 0. The van der Waals surface area contributed by atoms with E-state index in [4.69, 9.17) is 0 Å². The van der Waals surface area contributed by atoms with Gasteiger partial charge in [0.15, 0.2) is 0 Å². The van der Waals surface area contributed by atoms with Crippen molar-refractivity contribution in [1.82, 2.24) is 10.3 Å². The first-order chi connectivity index (χ1) is 6.36. The van der Waals surface area contributed by atoms with E-state index < -0.39 is 0 Å². The van der Waals surface area contributed by atoms with Gasteiger partial charge in [0.05, 0.1) is 4.47 Å². The molecule has 0 radical (unpaired) electrons. The average molecular weight is 315 g/mol. The summed E-state index contributed by atoms with van der Waals surface area (Å²) in [6.45, 7) is 2.13. The fourth-order valence-corrected chi connectivity index (χ4v) is 1.83. The minimum Gasteiger partial charge on any atom is -0.365 e. The number of anilines is 1. The monoisotopic (exact) mass is 313 g/mol. The molecule has 1 saturated heterocycles. The highest BCUT2D eigenvalue weighted by atomic mass is 79.9. The Hall–Kier alpha value is -0.0300. The lowest BCUT2D eigenvalue weighted by atomic mass is 10.2. The first-order valence-corrected chi connectivity index (χ1v) is 5.23. The Kier molecular flexibility index (Phi) is 7.26. The molecule has 86 valence electrons. The molecule has 0 bridgehead atoms. The predicted molar refractivity (Wildman–Crippen MR) is 71.3 cm³/mol. The number of nitrogens with zero attached hydrogens (tertiary/aromatic N) is 1. The Bertz CT molecular complexity index is 292. The van der Waals surface area contributed by atoms with Crippen molar-refractivity contribution in [3.8, 4) is 0 Å². The molecule has 1 unspecified atom stereocenters. The van der Waals surface area contributed by atoms with Crippen molar-refractivity contribution in [1.29, 1.82) is 0 Å². The van der Waals surface area contributed by atoms with Crippen molar-refractivity contribution >= 4 is 46.6 Å². The zero-order valence-electron chi connectivity index (χ0n) is 8.07. The Morgan fingerprint density at radius 1 is 1.47 bits per heavy atom. The Labute approximate surface area is 110 Å². The zero-order valence-corrected chi connectivity index (χ0v) is 11.3. The number of rotatable bonds is 2. The van der Waals surface area contributed by atoms with Crippen LogP contribution < -0.4 is 10.6 Å². The van der Waals surface area contributed by atoms with E-state index >= 15 is 0 Å². The van der Waals surface area contributed by atoms with Crippen molar-refractivity contribution in [2.24, 2.45) is 0 Å². The van der Waals surface area contributed by atoms with E-state index in [9.17, 15) is 0 Å². The zero-order chi connectivity index (χ0) is 9.10. The number of halogens is 3. The number of hydrogen-bond acceptors (Lipinski definition) is 3. The highest BCUT2D eigenvalue weighted by Gasteiger charge is 2.14. The number of nitrogens with one attached hydrogen (secondary N) is 2. The maximum atomic E-state index is 4.26. The van der Waals surface area contributed by atoms with Gasteiger partial charge in [0.25, 0.3) is 0 Å². The van der Waals surface area contributed by atoms with E-state index in [2.05, 4.69) is 31.5 Å². The van der Waals surface area contributed by atoms with Crippen LogP contribution in [0.4, 0.5) is 5.82 Å². The lowest BCUT2D eigenvalue weighted by Gasteiger charge is -2.12. The molecule has 2 rings (SSSR count). The minimum absolute atomic E-state index is 0. The highest BCUT2D eigenvalue weighted by molar-refractivity contribution is 9.10. The summed E-state index contributed by atoms with van der Waals surface area (Å²) in [5.41, 5.74) is 0. The van der Waals surface area contributed by atoms with Gasteiger partial charge in [-0.3, -0.25) is 0 Å². The lowest BCUT2D eigenvalue weighted by molar-refractivity contribution is 0.787. The molecule has 6 heteroatoms. The molecule has 1 aliphatic heterocycles. The molecule has 0 aromatic carbocycles. The third-order valence-corrected chi connectivity index (χ3v) is 2.80. The van der Waals surface area contributed by atoms with E-state index in [1.54, 1.807) is 6.20 Å². The molecule has 0 spiro atoms. The van der Waals surface area contributed by atoms with Crippen molar-refractivity contribution < 1.29 is 0 Å². The van der Waals surface area contributed by atoms with Gasteiger partial charge >= 0.3 is 0 Å². The van der Waals surface area contributed by atoms with E-state index in [0.29, 0.717) is 6.04 Å². The van der Waals surface area contributed by atoms with Crippen LogP contribution in [0.2, 0.25) is 0 Å². The molecule has 1 fully saturated rings. The van der Waals surface area contributed by atoms with Crippen molar-refractivity contribution in [3.63, 3.8) is 0 Å². The second-order valence-corrected chi connectivity index (χ2v) is 4.02. The molecule has 15 heavy (non-hydrogen) atoms. The molecule has 0 saturated carbocycles. The van der Waals surface area contributed by atoms with Gasteiger partial charge in [0.2, 0.25) is 0 Å². The number of pyridine rings is 1. The maximum Gasteiger partial charge on any atom is 0.140 e. The van der Waals surface area contributed by atoms with Crippen LogP contribution in [0.3, 0.4) is 0 Å². The first kappa shape index (κ1) is 15.0. The second-order valence-electron chi connectivity index (χ2n) is 3.17. The van der Waals surface area contributed by atoms with Gasteiger partial charge < -0.3 is 10.6 Å². The largest absolute Gasteiger partial charge is 0.365 e. The summed E-state index contributed by atoms with van der Waals surface area (Å²) in [7, 11) is 0. The molecule has 2 heterocycles. The topological polar surface area (TPSA) is 37.0 Å². The van der Waals surface area contributed by atoms with E-state index in [0.717, 1.165) is 23.4 Å². The third-order valence-electron chi connectivity index (χ3n) is 2.16. The van der Waals surface area contributed by atoms with Crippen LogP contribution in [-0.4, -0.2) is 24.1 Å². The molecular formula is C9H14BrCl2N3. The Morgan fingerprint density at radius 2 is 2.27 bits per heavy atom. The molecular weight excluding hydrogens is 301 g/mol. The fourth-order valence-electron chi connectivity index (χ4n) is 1.46. The van der Waals surface area contributed by atoms with Crippen molar-refractivity contribution in [2.45, 2.75) is 12.5 Å². The fraction of sp³-hybridized carbons (Fsp3) is 0.444. The molecule has 0 amide bonds. The average Bonchev–Trinajstić information content (AvgIpc) is 2.61. The van der Waals surface area contributed by atoms with Gasteiger partial charge in [-0.2, -0.15) is 0 Å². The van der Waals surface area contributed by atoms with Gasteiger partial charge in [-0.25, -0.2) is 4.98 Å². The molecule has 1 atom stereocenters. The summed E-state index contributed by atoms with van der Waals surface area (Å²) in [5.74, 6) is 0.941. The van der Waals surface area contributed by atoms with Gasteiger partial charge in [-0.05, 0) is 41.0 Å².